The molecular weight excluding hydrogens is 258 g/mol. The molecule has 120 valence electrons. The number of nitrogens with one attached hydrogen (secondary N) is 1. The lowest BCUT2D eigenvalue weighted by Crippen LogP contribution is -2.58. The molecule has 21 heavy (non-hydrogen) atoms. The van der Waals surface area contributed by atoms with Crippen LogP contribution in [0, 0.1) is 23.2 Å². The first kappa shape index (κ1) is 14.5. The maximum absolute atomic E-state index is 11.2. The van der Waals surface area contributed by atoms with Gasteiger partial charge in [-0.25, -0.2) is 0 Å². The van der Waals surface area contributed by atoms with E-state index >= 15 is 0 Å². The van der Waals surface area contributed by atoms with Gasteiger partial charge in [-0.05, 0) is 81.5 Å². The van der Waals surface area contributed by atoms with Crippen molar-refractivity contribution in [2.24, 2.45) is 23.2 Å². The molecule has 5 saturated carbocycles. The van der Waals surface area contributed by atoms with Crippen LogP contribution in [0.15, 0.2) is 0 Å². The molecule has 5 aliphatic carbocycles. The third-order valence-corrected chi connectivity index (χ3v) is 7.29. The average Bonchev–Trinajstić information content (AvgIpc) is 2.46. The van der Waals surface area contributed by atoms with Crippen LogP contribution in [-0.4, -0.2) is 23.3 Å². The molecule has 2 atom stereocenters. The standard InChI is InChI=1S/C19H33NO/c1-13(20-17-5-3-2-4-6-17)18(21)19-10-14-7-15(11-19)9-16(8-14)12-19/h13-18,20-21H,2-12H2,1H3/t13-,14?,15?,16?,18+,19?/m0/s1. The van der Waals surface area contributed by atoms with Crippen LogP contribution in [0.25, 0.3) is 0 Å². The lowest BCUT2D eigenvalue weighted by atomic mass is 9.47. The van der Waals surface area contributed by atoms with Crippen LogP contribution < -0.4 is 5.32 Å². The van der Waals surface area contributed by atoms with E-state index in [9.17, 15) is 5.11 Å². The Morgan fingerprint density at radius 2 is 1.43 bits per heavy atom. The average molecular weight is 291 g/mol. The molecule has 0 aliphatic heterocycles. The topological polar surface area (TPSA) is 32.3 Å². The molecule has 0 heterocycles. The Morgan fingerprint density at radius 3 is 1.95 bits per heavy atom. The highest BCUT2D eigenvalue weighted by molar-refractivity contribution is 5.06. The summed E-state index contributed by atoms with van der Waals surface area (Å²) in [6.45, 7) is 2.25. The van der Waals surface area contributed by atoms with E-state index in [0.29, 0.717) is 6.04 Å². The number of hydrogen-bond donors (Lipinski definition) is 2. The van der Waals surface area contributed by atoms with Crippen molar-refractivity contribution >= 4 is 0 Å². The molecule has 0 unspecified atom stereocenters. The summed E-state index contributed by atoms with van der Waals surface area (Å²) >= 11 is 0. The first-order chi connectivity index (χ1) is 10.1. The highest BCUT2D eigenvalue weighted by Gasteiger charge is 2.54. The summed E-state index contributed by atoms with van der Waals surface area (Å²) < 4.78 is 0. The van der Waals surface area contributed by atoms with Gasteiger partial charge in [-0.2, -0.15) is 0 Å². The van der Waals surface area contributed by atoms with Crippen molar-refractivity contribution in [3.8, 4) is 0 Å². The molecule has 5 fully saturated rings. The van der Waals surface area contributed by atoms with Crippen molar-refractivity contribution < 1.29 is 5.11 Å². The number of aliphatic hydroxyl groups is 1. The largest absolute Gasteiger partial charge is 0.391 e. The third kappa shape index (κ3) is 2.67. The van der Waals surface area contributed by atoms with Crippen molar-refractivity contribution in [3.05, 3.63) is 0 Å². The zero-order valence-corrected chi connectivity index (χ0v) is 13.7. The second kappa shape index (κ2) is 5.53. The van der Waals surface area contributed by atoms with Crippen LogP contribution in [0.3, 0.4) is 0 Å². The van der Waals surface area contributed by atoms with Gasteiger partial charge in [0, 0.05) is 12.1 Å². The molecule has 0 aromatic heterocycles. The van der Waals surface area contributed by atoms with Gasteiger partial charge in [-0.3, -0.25) is 0 Å². The maximum atomic E-state index is 11.2. The number of aliphatic hydroxyl groups excluding tert-OH is 1. The van der Waals surface area contributed by atoms with E-state index in [1.807, 2.05) is 0 Å². The highest BCUT2D eigenvalue weighted by atomic mass is 16.3. The lowest BCUT2D eigenvalue weighted by molar-refractivity contribution is -0.129. The van der Waals surface area contributed by atoms with Crippen LogP contribution in [0.4, 0.5) is 0 Å². The molecule has 0 amide bonds. The Labute approximate surface area is 130 Å². The summed E-state index contributed by atoms with van der Waals surface area (Å²) in [7, 11) is 0. The molecule has 2 N–H and O–H groups in total. The van der Waals surface area contributed by atoms with Crippen LogP contribution in [-0.2, 0) is 0 Å². The molecule has 2 heteroatoms. The van der Waals surface area contributed by atoms with Crippen molar-refractivity contribution in [3.63, 3.8) is 0 Å². The summed E-state index contributed by atoms with van der Waals surface area (Å²) in [6.07, 6.45) is 15.0. The molecule has 0 radical (unpaired) electrons. The Morgan fingerprint density at radius 1 is 0.905 bits per heavy atom. The summed E-state index contributed by atoms with van der Waals surface area (Å²) in [4.78, 5) is 0. The van der Waals surface area contributed by atoms with Crippen LogP contribution in [0.5, 0.6) is 0 Å². The first-order valence-electron chi connectivity index (χ1n) is 9.59. The predicted octanol–water partition coefficient (Wildman–Crippen LogP) is 3.87. The quantitative estimate of drug-likeness (QED) is 0.824. The van der Waals surface area contributed by atoms with Crippen molar-refractivity contribution in [2.45, 2.75) is 95.7 Å². The molecule has 5 rings (SSSR count). The monoisotopic (exact) mass is 291 g/mol. The fourth-order valence-electron chi connectivity index (χ4n) is 6.80. The zero-order valence-electron chi connectivity index (χ0n) is 13.7. The molecule has 0 saturated heterocycles. The minimum Gasteiger partial charge on any atom is -0.391 e. The second-order valence-corrected chi connectivity index (χ2v) is 9.02. The fraction of sp³-hybridized carbons (Fsp3) is 1.00. The van der Waals surface area contributed by atoms with Crippen molar-refractivity contribution in [2.75, 3.05) is 0 Å². The highest BCUT2D eigenvalue weighted by Crippen LogP contribution is 2.61. The van der Waals surface area contributed by atoms with Gasteiger partial charge in [0.1, 0.15) is 0 Å². The molecule has 0 aromatic rings. The van der Waals surface area contributed by atoms with Gasteiger partial charge in [0.05, 0.1) is 6.10 Å². The molecule has 2 nitrogen and oxygen atoms in total. The summed E-state index contributed by atoms with van der Waals surface area (Å²) in [5, 5.41) is 14.9. The van der Waals surface area contributed by atoms with Gasteiger partial charge in [-0.15, -0.1) is 0 Å². The predicted molar refractivity (Wildman–Crippen MR) is 86.1 cm³/mol. The summed E-state index contributed by atoms with van der Waals surface area (Å²) in [5.74, 6) is 2.81. The van der Waals surface area contributed by atoms with Gasteiger partial charge >= 0.3 is 0 Å². The SMILES string of the molecule is C[C@H](NC1CCCCC1)[C@@H](O)C12CC3CC(CC(C3)C1)C2. The van der Waals surface area contributed by atoms with Crippen LogP contribution in [0.2, 0.25) is 0 Å². The van der Waals surface area contributed by atoms with Gasteiger partial charge in [0.15, 0.2) is 0 Å². The first-order valence-corrected chi connectivity index (χ1v) is 9.59. The van der Waals surface area contributed by atoms with E-state index in [4.69, 9.17) is 0 Å². The normalized spacial score (nSPS) is 45.7. The Kier molecular flexibility index (Phi) is 3.82. The van der Waals surface area contributed by atoms with E-state index in [1.165, 1.54) is 70.6 Å². The van der Waals surface area contributed by atoms with Crippen molar-refractivity contribution in [1.82, 2.24) is 5.32 Å². The molecule has 4 bridgehead atoms. The van der Waals surface area contributed by atoms with E-state index in [2.05, 4.69) is 12.2 Å². The van der Waals surface area contributed by atoms with Gasteiger partial charge in [0.2, 0.25) is 0 Å². The minimum atomic E-state index is -0.118. The molecule has 0 spiro atoms. The fourth-order valence-corrected chi connectivity index (χ4v) is 6.80. The Bertz CT molecular complexity index is 338. The second-order valence-electron chi connectivity index (χ2n) is 9.02. The summed E-state index contributed by atoms with van der Waals surface area (Å²) in [5.41, 5.74) is 0.274. The van der Waals surface area contributed by atoms with E-state index in [0.717, 1.165) is 17.8 Å². The Balaban J connectivity index is 1.42. The number of rotatable bonds is 4. The molecule has 0 aromatic carbocycles. The molecule has 5 aliphatic rings. The summed E-state index contributed by atoms with van der Waals surface area (Å²) in [6, 6.07) is 0.946. The lowest BCUT2D eigenvalue weighted by Gasteiger charge is -2.59. The minimum absolute atomic E-state index is 0.118. The van der Waals surface area contributed by atoms with E-state index in [1.54, 1.807) is 0 Å². The molecular formula is C19H33NO. The zero-order chi connectivity index (χ0) is 14.4. The number of hydrogen-bond acceptors (Lipinski definition) is 2. The van der Waals surface area contributed by atoms with Gasteiger partial charge in [-0.1, -0.05) is 19.3 Å². The van der Waals surface area contributed by atoms with E-state index in [-0.39, 0.29) is 17.6 Å². The van der Waals surface area contributed by atoms with Gasteiger partial charge in [0.25, 0.3) is 0 Å². The van der Waals surface area contributed by atoms with E-state index < -0.39 is 0 Å². The Hall–Kier alpha value is -0.0800. The maximum Gasteiger partial charge on any atom is 0.0746 e. The van der Waals surface area contributed by atoms with Crippen molar-refractivity contribution in [1.29, 1.82) is 0 Å². The van der Waals surface area contributed by atoms with Crippen LogP contribution in [0.1, 0.15) is 77.6 Å². The van der Waals surface area contributed by atoms with Crippen LogP contribution >= 0.6 is 0 Å². The van der Waals surface area contributed by atoms with Gasteiger partial charge < -0.3 is 10.4 Å². The third-order valence-electron chi connectivity index (χ3n) is 7.29. The smallest absolute Gasteiger partial charge is 0.0746 e.